The molecule has 3 rings (SSSR count). The van der Waals surface area contributed by atoms with Crippen molar-refractivity contribution in [2.45, 2.75) is 25.5 Å². The van der Waals surface area contributed by atoms with E-state index in [1.807, 2.05) is 24.3 Å². The van der Waals surface area contributed by atoms with Gasteiger partial charge in [-0.1, -0.05) is 12.1 Å². The number of carbonyl (C=O) groups is 1. The topological polar surface area (TPSA) is 76.1 Å². The number of hydrogen-bond donors (Lipinski definition) is 2. The molecule has 0 saturated carbocycles. The summed E-state index contributed by atoms with van der Waals surface area (Å²) in [6.07, 6.45) is 4.78. The predicted molar refractivity (Wildman–Crippen MR) is 91.1 cm³/mol. The lowest BCUT2D eigenvalue weighted by molar-refractivity contribution is -0.124. The van der Waals surface area contributed by atoms with E-state index in [2.05, 4.69) is 36.5 Å². The molecular formula is C16H17BrN4O2. The van der Waals surface area contributed by atoms with Crippen molar-refractivity contribution in [1.29, 1.82) is 0 Å². The minimum absolute atomic E-state index is 0.0798. The first kappa shape index (κ1) is 15.9. The lowest BCUT2D eigenvalue weighted by Gasteiger charge is -2.11. The van der Waals surface area contributed by atoms with Gasteiger partial charge in [0.2, 0.25) is 5.95 Å². The van der Waals surface area contributed by atoms with Gasteiger partial charge in [0.15, 0.2) is 0 Å². The van der Waals surface area contributed by atoms with Gasteiger partial charge in [0.1, 0.15) is 6.10 Å². The highest BCUT2D eigenvalue weighted by Crippen LogP contribution is 2.17. The highest BCUT2D eigenvalue weighted by molar-refractivity contribution is 9.10. The third kappa shape index (κ3) is 4.49. The normalized spacial score (nSPS) is 17.0. The van der Waals surface area contributed by atoms with Crippen molar-refractivity contribution in [3.63, 3.8) is 0 Å². The highest BCUT2D eigenvalue weighted by atomic mass is 79.9. The number of aromatic nitrogens is 2. The zero-order valence-electron chi connectivity index (χ0n) is 12.5. The Kier molecular flexibility index (Phi) is 5.19. The van der Waals surface area contributed by atoms with E-state index in [1.54, 1.807) is 12.4 Å². The Labute approximate surface area is 142 Å². The van der Waals surface area contributed by atoms with E-state index in [0.29, 0.717) is 19.1 Å². The number of amides is 1. The molecule has 1 aromatic carbocycles. The third-order valence-corrected chi connectivity index (χ3v) is 3.90. The van der Waals surface area contributed by atoms with Gasteiger partial charge < -0.3 is 15.4 Å². The maximum Gasteiger partial charge on any atom is 0.253 e. The SMILES string of the molecule is O=C(Nc1cccc(CNc2ncc(Br)cn2)c1)C1CCCO1. The molecule has 1 aliphatic rings. The van der Waals surface area contributed by atoms with Gasteiger partial charge in [-0.05, 0) is 46.5 Å². The summed E-state index contributed by atoms with van der Waals surface area (Å²) in [6.45, 7) is 1.24. The second-order valence-corrected chi connectivity index (χ2v) is 6.19. The van der Waals surface area contributed by atoms with Crippen LogP contribution in [0.15, 0.2) is 41.1 Å². The number of carbonyl (C=O) groups excluding carboxylic acids is 1. The second kappa shape index (κ2) is 7.52. The molecule has 1 aromatic heterocycles. The van der Waals surface area contributed by atoms with Crippen LogP contribution in [0.5, 0.6) is 0 Å². The van der Waals surface area contributed by atoms with Gasteiger partial charge in [-0.25, -0.2) is 9.97 Å². The Hall–Kier alpha value is -1.99. The third-order valence-electron chi connectivity index (χ3n) is 3.49. The molecule has 1 unspecified atom stereocenters. The van der Waals surface area contributed by atoms with Crippen LogP contribution in [0.2, 0.25) is 0 Å². The molecule has 2 N–H and O–H groups in total. The average Bonchev–Trinajstić information content (AvgIpc) is 3.09. The van der Waals surface area contributed by atoms with E-state index in [1.165, 1.54) is 0 Å². The summed E-state index contributed by atoms with van der Waals surface area (Å²) < 4.78 is 6.22. The number of anilines is 2. The number of nitrogens with zero attached hydrogens (tertiary/aromatic N) is 2. The van der Waals surface area contributed by atoms with Gasteiger partial charge >= 0.3 is 0 Å². The zero-order valence-corrected chi connectivity index (χ0v) is 14.0. The molecule has 120 valence electrons. The molecule has 7 heteroatoms. The van der Waals surface area contributed by atoms with Crippen LogP contribution < -0.4 is 10.6 Å². The van der Waals surface area contributed by atoms with Crippen LogP contribution in [0.25, 0.3) is 0 Å². The molecule has 1 amide bonds. The fraction of sp³-hybridized carbons (Fsp3) is 0.312. The standard InChI is InChI=1S/C16H17BrN4O2/c17-12-9-19-16(20-10-12)18-8-11-3-1-4-13(7-11)21-15(22)14-5-2-6-23-14/h1,3-4,7,9-10,14H,2,5-6,8H2,(H,21,22)(H,18,19,20). The van der Waals surface area contributed by atoms with Gasteiger partial charge in [-0.2, -0.15) is 0 Å². The molecule has 2 heterocycles. The Balaban J connectivity index is 1.58. The summed E-state index contributed by atoms with van der Waals surface area (Å²) in [4.78, 5) is 20.4. The summed E-state index contributed by atoms with van der Waals surface area (Å²) in [5.74, 6) is 0.478. The molecule has 0 radical (unpaired) electrons. The minimum Gasteiger partial charge on any atom is -0.368 e. The first-order valence-corrected chi connectivity index (χ1v) is 8.23. The summed E-state index contributed by atoms with van der Waals surface area (Å²) in [7, 11) is 0. The Bertz CT molecular complexity index is 672. The van der Waals surface area contributed by atoms with Crippen molar-refractivity contribution in [3.8, 4) is 0 Å². The number of halogens is 1. The highest BCUT2D eigenvalue weighted by Gasteiger charge is 2.23. The molecule has 0 aliphatic carbocycles. The first-order chi connectivity index (χ1) is 11.2. The molecule has 1 atom stereocenters. The molecule has 1 saturated heterocycles. The summed E-state index contributed by atoms with van der Waals surface area (Å²) in [5.41, 5.74) is 1.79. The van der Waals surface area contributed by atoms with Gasteiger partial charge in [0.25, 0.3) is 5.91 Å². The molecule has 0 spiro atoms. The maximum absolute atomic E-state index is 12.1. The van der Waals surface area contributed by atoms with Crippen LogP contribution in [0, 0.1) is 0 Å². The second-order valence-electron chi connectivity index (χ2n) is 5.27. The molecule has 1 fully saturated rings. The van der Waals surface area contributed by atoms with Gasteiger partial charge in [-0.3, -0.25) is 4.79 Å². The largest absolute Gasteiger partial charge is 0.368 e. The van der Waals surface area contributed by atoms with E-state index in [-0.39, 0.29) is 12.0 Å². The molecule has 1 aliphatic heterocycles. The molecule has 23 heavy (non-hydrogen) atoms. The Morgan fingerprint density at radius 3 is 2.91 bits per heavy atom. The first-order valence-electron chi connectivity index (χ1n) is 7.43. The fourth-order valence-corrected chi connectivity index (χ4v) is 2.56. The predicted octanol–water partition coefficient (Wildman–Crippen LogP) is 2.97. The van der Waals surface area contributed by atoms with Crippen molar-refractivity contribution < 1.29 is 9.53 Å². The Morgan fingerprint density at radius 1 is 1.35 bits per heavy atom. The van der Waals surface area contributed by atoms with E-state index in [0.717, 1.165) is 28.6 Å². The van der Waals surface area contributed by atoms with E-state index in [9.17, 15) is 4.79 Å². The number of ether oxygens (including phenoxy) is 1. The van der Waals surface area contributed by atoms with Gasteiger partial charge in [0.05, 0.1) is 4.47 Å². The monoisotopic (exact) mass is 376 g/mol. The van der Waals surface area contributed by atoms with E-state index in [4.69, 9.17) is 4.74 Å². The summed E-state index contributed by atoms with van der Waals surface area (Å²) >= 11 is 3.30. The number of hydrogen-bond acceptors (Lipinski definition) is 5. The molecular weight excluding hydrogens is 360 g/mol. The molecule has 0 bridgehead atoms. The number of rotatable bonds is 5. The Morgan fingerprint density at radius 2 is 2.17 bits per heavy atom. The van der Waals surface area contributed by atoms with E-state index >= 15 is 0 Å². The zero-order chi connectivity index (χ0) is 16.1. The van der Waals surface area contributed by atoms with Crippen LogP contribution >= 0.6 is 15.9 Å². The number of benzene rings is 1. The average molecular weight is 377 g/mol. The van der Waals surface area contributed by atoms with Crippen molar-refractivity contribution in [1.82, 2.24) is 9.97 Å². The fourth-order valence-electron chi connectivity index (χ4n) is 2.35. The summed E-state index contributed by atoms with van der Waals surface area (Å²) in [5, 5.41) is 6.04. The van der Waals surface area contributed by atoms with Crippen LogP contribution in [0.4, 0.5) is 11.6 Å². The van der Waals surface area contributed by atoms with E-state index < -0.39 is 0 Å². The lowest BCUT2D eigenvalue weighted by Crippen LogP contribution is -2.26. The maximum atomic E-state index is 12.1. The quantitative estimate of drug-likeness (QED) is 0.838. The van der Waals surface area contributed by atoms with Crippen LogP contribution in [-0.2, 0) is 16.1 Å². The van der Waals surface area contributed by atoms with Crippen LogP contribution in [0.3, 0.4) is 0 Å². The van der Waals surface area contributed by atoms with Gasteiger partial charge in [0, 0.05) is 31.2 Å². The van der Waals surface area contributed by atoms with Crippen LogP contribution in [-0.4, -0.2) is 28.6 Å². The smallest absolute Gasteiger partial charge is 0.253 e. The summed E-state index contributed by atoms with van der Waals surface area (Å²) in [6, 6.07) is 7.68. The minimum atomic E-state index is -0.326. The lowest BCUT2D eigenvalue weighted by atomic mass is 10.2. The van der Waals surface area contributed by atoms with Gasteiger partial charge in [-0.15, -0.1) is 0 Å². The van der Waals surface area contributed by atoms with Crippen molar-refractivity contribution in [2.75, 3.05) is 17.2 Å². The van der Waals surface area contributed by atoms with Crippen molar-refractivity contribution >= 4 is 33.5 Å². The van der Waals surface area contributed by atoms with Crippen molar-refractivity contribution in [2.24, 2.45) is 0 Å². The number of nitrogens with one attached hydrogen (secondary N) is 2. The van der Waals surface area contributed by atoms with Crippen molar-refractivity contribution in [3.05, 3.63) is 46.7 Å². The molecule has 6 nitrogen and oxygen atoms in total. The molecule has 2 aromatic rings. The van der Waals surface area contributed by atoms with Crippen LogP contribution in [0.1, 0.15) is 18.4 Å².